The molecule has 1 aliphatic carbocycles. The maximum atomic E-state index is 11.8. The van der Waals surface area contributed by atoms with Crippen LogP contribution in [0.1, 0.15) is 26.2 Å². The zero-order chi connectivity index (χ0) is 14.6. The van der Waals surface area contributed by atoms with Crippen LogP contribution in [-0.4, -0.2) is 39.2 Å². The van der Waals surface area contributed by atoms with Gasteiger partial charge in [0.05, 0.1) is 11.7 Å². The number of nitrogens with zero attached hydrogens (tertiary/aromatic N) is 2. The summed E-state index contributed by atoms with van der Waals surface area (Å²) in [7, 11) is 0. The Morgan fingerprint density at radius 2 is 2.35 bits per heavy atom. The fraction of sp³-hybridized carbons (Fsp3) is 0.615. The minimum atomic E-state index is -0.859. The van der Waals surface area contributed by atoms with E-state index < -0.39 is 11.4 Å². The summed E-state index contributed by atoms with van der Waals surface area (Å²) in [5, 5.41) is 14.8. The van der Waals surface area contributed by atoms with E-state index >= 15 is 0 Å². The molecular weight excluding hydrogens is 260 g/mol. The molecule has 0 spiro atoms. The first-order valence-electron chi connectivity index (χ1n) is 6.76. The lowest BCUT2D eigenvalue weighted by atomic mass is 9.85. The van der Waals surface area contributed by atoms with E-state index in [1.165, 1.54) is 0 Å². The van der Waals surface area contributed by atoms with Gasteiger partial charge in [0.2, 0.25) is 0 Å². The molecule has 7 heteroatoms. The Kier molecular flexibility index (Phi) is 4.26. The van der Waals surface area contributed by atoms with Gasteiger partial charge >= 0.3 is 12.0 Å². The second kappa shape index (κ2) is 5.94. The standard InChI is InChI=1S/C13H20N4O3/c1-13(11(18)19)4-2-3-10(13)16-12(20)15-6-8-17-7-5-14-9-17/h5,7,9-10H,2-4,6,8H2,1H3,(H,18,19)(H2,15,16,20). The van der Waals surface area contributed by atoms with Crippen molar-refractivity contribution in [2.75, 3.05) is 6.54 Å². The van der Waals surface area contributed by atoms with Gasteiger partial charge in [-0.25, -0.2) is 9.78 Å². The third-order valence-corrected chi connectivity index (χ3v) is 3.97. The third kappa shape index (κ3) is 3.09. The van der Waals surface area contributed by atoms with Gasteiger partial charge in [0.1, 0.15) is 0 Å². The molecule has 2 amide bonds. The van der Waals surface area contributed by atoms with Crippen LogP contribution >= 0.6 is 0 Å². The summed E-state index contributed by atoms with van der Waals surface area (Å²) < 4.78 is 1.86. The Morgan fingerprint density at radius 3 is 3.00 bits per heavy atom. The van der Waals surface area contributed by atoms with Crippen LogP contribution in [0.2, 0.25) is 0 Å². The number of amides is 2. The molecule has 2 unspecified atom stereocenters. The average Bonchev–Trinajstić information content (AvgIpc) is 3.01. The van der Waals surface area contributed by atoms with Gasteiger partial charge < -0.3 is 20.3 Å². The summed E-state index contributed by atoms with van der Waals surface area (Å²) in [6, 6.07) is -0.627. The van der Waals surface area contributed by atoms with Gasteiger partial charge in [0, 0.05) is 31.5 Å². The zero-order valence-corrected chi connectivity index (χ0v) is 11.5. The first kappa shape index (κ1) is 14.4. The smallest absolute Gasteiger partial charge is 0.315 e. The second-order valence-electron chi connectivity index (χ2n) is 5.37. The number of urea groups is 1. The first-order chi connectivity index (χ1) is 9.52. The van der Waals surface area contributed by atoms with E-state index in [-0.39, 0.29) is 12.1 Å². The Hall–Kier alpha value is -2.05. The van der Waals surface area contributed by atoms with Gasteiger partial charge in [-0.2, -0.15) is 0 Å². The van der Waals surface area contributed by atoms with Crippen molar-refractivity contribution in [3.8, 4) is 0 Å². The molecule has 3 N–H and O–H groups in total. The van der Waals surface area contributed by atoms with Gasteiger partial charge in [-0.1, -0.05) is 6.42 Å². The summed E-state index contributed by atoms with van der Waals surface area (Å²) in [6.07, 6.45) is 7.30. The number of carboxylic acids is 1. The van der Waals surface area contributed by atoms with E-state index in [0.29, 0.717) is 25.9 Å². The third-order valence-electron chi connectivity index (χ3n) is 3.97. The molecule has 2 atom stereocenters. The summed E-state index contributed by atoms with van der Waals surface area (Å²) in [5.41, 5.74) is -0.859. The number of aromatic nitrogens is 2. The molecule has 0 aromatic carbocycles. The van der Waals surface area contributed by atoms with Crippen LogP contribution in [0.25, 0.3) is 0 Å². The Balaban J connectivity index is 1.78. The number of hydrogen-bond acceptors (Lipinski definition) is 3. The molecule has 2 rings (SSSR count). The molecular formula is C13H20N4O3. The predicted molar refractivity (Wildman–Crippen MR) is 72.1 cm³/mol. The number of carbonyl (C=O) groups excluding carboxylic acids is 1. The Bertz CT molecular complexity index is 474. The van der Waals surface area contributed by atoms with Crippen LogP contribution in [0.4, 0.5) is 4.79 Å². The number of carbonyl (C=O) groups is 2. The monoisotopic (exact) mass is 280 g/mol. The van der Waals surface area contributed by atoms with Crippen molar-refractivity contribution in [3.05, 3.63) is 18.7 Å². The van der Waals surface area contributed by atoms with Crippen molar-refractivity contribution >= 4 is 12.0 Å². The van der Waals surface area contributed by atoms with E-state index in [1.54, 1.807) is 19.4 Å². The molecule has 1 saturated carbocycles. The molecule has 1 aromatic rings. The molecule has 1 fully saturated rings. The van der Waals surface area contributed by atoms with Crippen molar-refractivity contribution in [1.82, 2.24) is 20.2 Å². The van der Waals surface area contributed by atoms with Crippen LogP contribution in [-0.2, 0) is 11.3 Å². The SMILES string of the molecule is CC1(C(=O)O)CCCC1NC(=O)NCCn1ccnc1. The first-order valence-corrected chi connectivity index (χ1v) is 6.76. The fourth-order valence-corrected chi connectivity index (χ4v) is 2.58. The molecule has 0 saturated heterocycles. The Morgan fingerprint density at radius 1 is 1.55 bits per heavy atom. The van der Waals surface area contributed by atoms with Crippen molar-refractivity contribution in [2.45, 2.75) is 38.8 Å². The lowest BCUT2D eigenvalue weighted by Gasteiger charge is -2.27. The van der Waals surface area contributed by atoms with Crippen molar-refractivity contribution in [2.24, 2.45) is 5.41 Å². The molecule has 1 heterocycles. The lowest BCUT2D eigenvalue weighted by molar-refractivity contribution is -0.148. The highest BCUT2D eigenvalue weighted by Crippen LogP contribution is 2.38. The van der Waals surface area contributed by atoms with Crippen molar-refractivity contribution in [3.63, 3.8) is 0 Å². The fourth-order valence-electron chi connectivity index (χ4n) is 2.58. The van der Waals surface area contributed by atoms with Crippen LogP contribution in [0, 0.1) is 5.41 Å². The van der Waals surface area contributed by atoms with Crippen LogP contribution in [0.3, 0.4) is 0 Å². The topological polar surface area (TPSA) is 96.3 Å². The summed E-state index contributed by atoms with van der Waals surface area (Å²) in [4.78, 5) is 27.0. The molecule has 20 heavy (non-hydrogen) atoms. The second-order valence-corrected chi connectivity index (χ2v) is 5.37. The highest BCUT2D eigenvalue weighted by molar-refractivity contribution is 5.79. The maximum Gasteiger partial charge on any atom is 0.315 e. The quantitative estimate of drug-likeness (QED) is 0.744. The molecule has 0 radical (unpaired) electrons. The molecule has 0 bridgehead atoms. The molecule has 1 aliphatic rings. The summed E-state index contributed by atoms with van der Waals surface area (Å²) in [6.45, 7) is 2.80. The number of rotatable bonds is 5. The highest BCUT2D eigenvalue weighted by Gasteiger charge is 2.45. The van der Waals surface area contributed by atoms with Crippen molar-refractivity contribution < 1.29 is 14.7 Å². The number of hydrogen-bond donors (Lipinski definition) is 3. The average molecular weight is 280 g/mol. The molecule has 0 aliphatic heterocycles. The number of aliphatic carboxylic acids is 1. The van der Waals surface area contributed by atoms with Gasteiger partial charge in [-0.3, -0.25) is 4.79 Å². The number of carboxylic acid groups (broad SMARTS) is 1. The molecule has 7 nitrogen and oxygen atoms in total. The number of nitrogens with one attached hydrogen (secondary N) is 2. The maximum absolute atomic E-state index is 11.8. The summed E-state index contributed by atoms with van der Waals surface area (Å²) in [5.74, 6) is -0.848. The lowest BCUT2D eigenvalue weighted by Crippen LogP contribution is -2.50. The van der Waals surface area contributed by atoms with Gasteiger partial charge in [-0.15, -0.1) is 0 Å². The van der Waals surface area contributed by atoms with Crippen molar-refractivity contribution in [1.29, 1.82) is 0 Å². The molecule has 1 aromatic heterocycles. The van der Waals surface area contributed by atoms with Crippen LogP contribution in [0.5, 0.6) is 0 Å². The van der Waals surface area contributed by atoms with E-state index in [1.807, 2.05) is 10.8 Å². The van der Waals surface area contributed by atoms with Crippen LogP contribution in [0.15, 0.2) is 18.7 Å². The van der Waals surface area contributed by atoms with E-state index in [2.05, 4.69) is 15.6 Å². The molecule has 110 valence electrons. The largest absolute Gasteiger partial charge is 0.481 e. The van der Waals surface area contributed by atoms with E-state index in [9.17, 15) is 14.7 Å². The Labute approximate surface area is 117 Å². The minimum absolute atomic E-state index is 0.312. The van der Waals surface area contributed by atoms with E-state index in [4.69, 9.17) is 0 Å². The van der Waals surface area contributed by atoms with Gasteiger partial charge in [-0.05, 0) is 19.8 Å². The highest BCUT2D eigenvalue weighted by atomic mass is 16.4. The van der Waals surface area contributed by atoms with E-state index in [0.717, 1.165) is 6.42 Å². The zero-order valence-electron chi connectivity index (χ0n) is 11.5. The predicted octanol–water partition coefficient (Wildman–Crippen LogP) is 0.826. The normalized spacial score (nSPS) is 25.4. The van der Waals surface area contributed by atoms with Crippen LogP contribution < -0.4 is 10.6 Å². The minimum Gasteiger partial charge on any atom is -0.481 e. The number of imidazole rings is 1. The summed E-state index contributed by atoms with van der Waals surface area (Å²) >= 11 is 0. The van der Waals surface area contributed by atoms with Gasteiger partial charge in [0.15, 0.2) is 0 Å². The van der Waals surface area contributed by atoms with Gasteiger partial charge in [0.25, 0.3) is 0 Å².